The number of carbonyl (C=O) groups excluding carboxylic acids is 3. The van der Waals surface area contributed by atoms with Gasteiger partial charge >= 0.3 is 6.03 Å². The second-order valence-electron chi connectivity index (χ2n) is 8.03. The Morgan fingerprint density at radius 1 is 0.938 bits per heavy atom. The number of nitrogens with zero attached hydrogens (tertiary/aromatic N) is 3. The molecule has 1 aromatic carbocycles. The second-order valence-corrected chi connectivity index (χ2v) is 8.03. The van der Waals surface area contributed by atoms with Crippen molar-refractivity contribution in [2.24, 2.45) is 5.92 Å². The average molecular weight is 437 g/mol. The van der Waals surface area contributed by atoms with E-state index in [1.165, 1.54) is 0 Å². The fourth-order valence-corrected chi connectivity index (χ4v) is 3.61. The van der Waals surface area contributed by atoms with Crippen LogP contribution < -0.4 is 20.9 Å². The van der Waals surface area contributed by atoms with E-state index in [1.807, 2.05) is 23.1 Å². The molecule has 9 nitrogen and oxygen atoms in total. The number of benzene rings is 1. The van der Waals surface area contributed by atoms with Crippen molar-refractivity contribution in [2.45, 2.75) is 19.3 Å². The van der Waals surface area contributed by atoms with Crippen molar-refractivity contribution in [1.82, 2.24) is 15.2 Å². The molecule has 2 aliphatic rings. The summed E-state index contributed by atoms with van der Waals surface area (Å²) in [5, 5.41) is 8.31. The molecule has 168 valence electrons. The quantitative estimate of drug-likeness (QED) is 0.617. The van der Waals surface area contributed by atoms with Gasteiger partial charge < -0.3 is 25.8 Å². The van der Waals surface area contributed by atoms with Crippen LogP contribution in [-0.2, 0) is 9.59 Å². The number of anilines is 3. The molecule has 4 amide bonds. The van der Waals surface area contributed by atoms with Crippen molar-refractivity contribution in [2.75, 3.05) is 48.3 Å². The smallest absolute Gasteiger partial charge is 0.319 e. The van der Waals surface area contributed by atoms with Gasteiger partial charge in [-0.2, -0.15) is 0 Å². The number of nitrogens with one attached hydrogen (secondary N) is 3. The molecule has 9 heteroatoms. The SMILES string of the molecule is O=C(NCCC(=O)N1CCN(c2ccccn2)CC1)Nc1cccc(NC(=O)C2CC2)c1. The van der Waals surface area contributed by atoms with Crippen LogP contribution in [0.25, 0.3) is 0 Å². The Kier molecular flexibility index (Phi) is 6.84. The zero-order chi connectivity index (χ0) is 22.3. The lowest BCUT2D eigenvalue weighted by molar-refractivity contribution is -0.131. The number of aromatic nitrogens is 1. The molecule has 0 radical (unpaired) electrons. The van der Waals surface area contributed by atoms with Gasteiger partial charge in [0, 0.05) is 62.6 Å². The summed E-state index contributed by atoms with van der Waals surface area (Å²) < 4.78 is 0. The first-order valence-electron chi connectivity index (χ1n) is 11.0. The summed E-state index contributed by atoms with van der Waals surface area (Å²) in [7, 11) is 0. The largest absolute Gasteiger partial charge is 0.353 e. The van der Waals surface area contributed by atoms with Crippen LogP contribution in [0.2, 0.25) is 0 Å². The number of rotatable bonds is 7. The first-order valence-corrected chi connectivity index (χ1v) is 11.0. The minimum absolute atomic E-state index is 0.0194. The van der Waals surface area contributed by atoms with E-state index < -0.39 is 0 Å². The Morgan fingerprint density at radius 2 is 1.69 bits per heavy atom. The monoisotopic (exact) mass is 436 g/mol. The zero-order valence-corrected chi connectivity index (χ0v) is 17.9. The number of hydrogen-bond donors (Lipinski definition) is 3. The molecule has 1 aromatic heterocycles. The lowest BCUT2D eigenvalue weighted by atomic mass is 10.2. The van der Waals surface area contributed by atoms with E-state index in [-0.39, 0.29) is 36.7 Å². The lowest BCUT2D eigenvalue weighted by Crippen LogP contribution is -2.49. The van der Waals surface area contributed by atoms with Crippen LogP contribution >= 0.6 is 0 Å². The van der Waals surface area contributed by atoms with E-state index in [2.05, 4.69) is 25.8 Å². The van der Waals surface area contributed by atoms with Crippen LogP contribution in [-0.4, -0.2) is 60.5 Å². The van der Waals surface area contributed by atoms with Crippen LogP contribution in [0.3, 0.4) is 0 Å². The van der Waals surface area contributed by atoms with E-state index >= 15 is 0 Å². The van der Waals surface area contributed by atoms with Crippen LogP contribution in [0.15, 0.2) is 48.7 Å². The molecular formula is C23H28N6O3. The molecule has 2 aromatic rings. The van der Waals surface area contributed by atoms with Gasteiger partial charge in [0.05, 0.1) is 0 Å². The van der Waals surface area contributed by atoms with Crippen LogP contribution in [0.4, 0.5) is 22.0 Å². The number of piperazine rings is 1. The van der Waals surface area contributed by atoms with Crippen LogP contribution in [0, 0.1) is 5.92 Å². The molecule has 3 N–H and O–H groups in total. The van der Waals surface area contributed by atoms with Gasteiger partial charge in [-0.25, -0.2) is 9.78 Å². The summed E-state index contributed by atoms with van der Waals surface area (Å²) in [5.41, 5.74) is 1.23. The molecule has 0 spiro atoms. The van der Waals surface area contributed by atoms with Gasteiger partial charge in [0.25, 0.3) is 0 Å². The van der Waals surface area contributed by atoms with Gasteiger partial charge in [-0.15, -0.1) is 0 Å². The molecule has 0 unspecified atom stereocenters. The topological polar surface area (TPSA) is 107 Å². The molecule has 0 atom stereocenters. The highest BCUT2D eigenvalue weighted by Gasteiger charge is 2.29. The summed E-state index contributed by atoms with van der Waals surface area (Å²) >= 11 is 0. The van der Waals surface area contributed by atoms with E-state index in [4.69, 9.17) is 0 Å². The van der Waals surface area contributed by atoms with Crippen molar-refractivity contribution in [3.8, 4) is 0 Å². The van der Waals surface area contributed by atoms with Gasteiger partial charge in [-0.1, -0.05) is 12.1 Å². The summed E-state index contributed by atoms with van der Waals surface area (Å²) in [4.78, 5) is 44.9. The number of hydrogen-bond acceptors (Lipinski definition) is 5. The Labute approximate surface area is 187 Å². The molecule has 2 fully saturated rings. The minimum atomic E-state index is -0.386. The summed E-state index contributed by atoms with van der Waals surface area (Å²) in [6.07, 6.45) is 3.88. The van der Waals surface area contributed by atoms with Crippen LogP contribution in [0.1, 0.15) is 19.3 Å². The number of urea groups is 1. The average Bonchev–Trinajstić information content (AvgIpc) is 3.66. The minimum Gasteiger partial charge on any atom is -0.353 e. The highest BCUT2D eigenvalue weighted by Crippen LogP contribution is 2.30. The standard InChI is InChI=1S/C23H28N6O3/c30-21(29-14-12-28(13-15-29)20-6-1-2-10-24-20)9-11-25-23(32)27-19-5-3-4-18(16-19)26-22(31)17-7-8-17/h1-6,10,16-17H,7-9,11-15H2,(H,26,31)(H2,25,27,32). The number of pyridine rings is 1. The summed E-state index contributed by atoms with van der Waals surface area (Å²) in [6, 6.07) is 12.4. The summed E-state index contributed by atoms with van der Waals surface area (Å²) in [5.74, 6) is 1.08. The van der Waals surface area contributed by atoms with Crippen molar-refractivity contribution in [1.29, 1.82) is 0 Å². The Morgan fingerprint density at radius 3 is 2.38 bits per heavy atom. The third-order valence-corrected chi connectivity index (χ3v) is 5.57. The normalized spacial score (nSPS) is 15.8. The zero-order valence-electron chi connectivity index (χ0n) is 17.9. The molecule has 32 heavy (non-hydrogen) atoms. The van der Waals surface area contributed by atoms with Crippen molar-refractivity contribution < 1.29 is 14.4 Å². The highest BCUT2D eigenvalue weighted by atomic mass is 16.2. The first kappa shape index (κ1) is 21.6. The van der Waals surface area contributed by atoms with Gasteiger partial charge in [0.2, 0.25) is 11.8 Å². The molecule has 4 rings (SSSR count). The number of amides is 4. The Bertz CT molecular complexity index is 955. The second kappa shape index (κ2) is 10.1. The van der Waals surface area contributed by atoms with Crippen molar-refractivity contribution in [3.05, 3.63) is 48.7 Å². The lowest BCUT2D eigenvalue weighted by Gasteiger charge is -2.35. The van der Waals surface area contributed by atoms with Gasteiger partial charge in [-0.05, 0) is 43.2 Å². The number of carbonyl (C=O) groups is 3. The van der Waals surface area contributed by atoms with Crippen LogP contribution in [0.5, 0.6) is 0 Å². The van der Waals surface area contributed by atoms with Crippen molar-refractivity contribution >= 4 is 35.0 Å². The van der Waals surface area contributed by atoms with E-state index in [1.54, 1.807) is 30.5 Å². The van der Waals surface area contributed by atoms with Gasteiger partial charge in [0.1, 0.15) is 5.82 Å². The van der Waals surface area contributed by atoms with E-state index in [0.29, 0.717) is 24.5 Å². The molecule has 1 saturated heterocycles. The Balaban J connectivity index is 1.16. The first-order chi connectivity index (χ1) is 15.6. The molecule has 1 aliphatic heterocycles. The maximum Gasteiger partial charge on any atom is 0.319 e. The fraction of sp³-hybridized carbons (Fsp3) is 0.391. The third-order valence-electron chi connectivity index (χ3n) is 5.57. The Hall–Kier alpha value is -3.62. The molecule has 1 aliphatic carbocycles. The summed E-state index contributed by atoms with van der Waals surface area (Å²) in [6.45, 7) is 3.01. The van der Waals surface area contributed by atoms with Gasteiger partial charge in [-0.3, -0.25) is 9.59 Å². The molecular weight excluding hydrogens is 408 g/mol. The van der Waals surface area contributed by atoms with E-state index in [9.17, 15) is 14.4 Å². The molecule has 1 saturated carbocycles. The predicted octanol–water partition coefficient (Wildman–Crippen LogP) is 2.29. The van der Waals surface area contributed by atoms with Crippen molar-refractivity contribution in [3.63, 3.8) is 0 Å². The predicted molar refractivity (Wildman–Crippen MR) is 122 cm³/mol. The maximum absolute atomic E-state index is 12.5. The fourth-order valence-electron chi connectivity index (χ4n) is 3.61. The highest BCUT2D eigenvalue weighted by molar-refractivity contribution is 5.95. The van der Waals surface area contributed by atoms with E-state index in [0.717, 1.165) is 31.7 Å². The van der Waals surface area contributed by atoms with Gasteiger partial charge in [0.15, 0.2) is 0 Å². The molecule has 0 bridgehead atoms. The molecule has 2 heterocycles. The third kappa shape index (κ3) is 5.96. The maximum atomic E-state index is 12.5.